The van der Waals surface area contributed by atoms with Gasteiger partial charge in [-0.15, -0.1) is 0 Å². The Morgan fingerprint density at radius 1 is 1.10 bits per heavy atom. The van der Waals surface area contributed by atoms with Crippen LogP contribution in [-0.2, 0) is 0 Å². The first-order valence-corrected chi connectivity index (χ1v) is 7.77. The first kappa shape index (κ1) is 14.0. The zero-order chi connectivity index (χ0) is 14.3. The Bertz CT molecular complexity index is 504. The van der Waals surface area contributed by atoms with Crippen LogP contribution in [0.2, 0.25) is 0 Å². The summed E-state index contributed by atoms with van der Waals surface area (Å²) in [5, 5.41) is 0. The van der Waals surface area contributed by atoms with Crippen LogP contribution in [0.4, 0.5) is 8.78 Å². The van der Waals surface area contributed by atoms with Gasteiger partial charge < -0.3 is 4.90 Å². The SMILES string of the molecule is O=C(c1c(F)cc(Br)cc1F)N(CC1CC1)CC1CC1. The van der Waals surface area contributed by atoms with E-state index in [2.05, 4.69) is 15.9 Å². The van der Waals surface area contributed by atoms with Gasteiger partial charge in [0.2, 0.25) is 0 Å². The van der Waals surface area contributed by atoms with Gasteiger partial charge >= 0.3 is 0 Å². The molecule has 2 aliphatic rings. The summed E-state index contributed by atoms with van der Waals surface area (Å²) in [5.41, 5.74) is -0.422. The third kappa shape index (κ3) is 3.19. The smallest absolute Gasteiger partial charge is 0.259 e. The Labute approximate surface area is 125 Å². The number of amides is 1. The fourth-order valence-electron chi connectivity index (χ4n) is 2.37. The maximum absolute atomic E-state index is 13.9. The molecular weight excluding hydrogens is 328 g/mol. The number of benzene rings is 1. The van der Waals surface area contributed by atoms with E-state index in [1.165, 1.54) is 0 Å². The second-order valence-corrected chi connectivity index (χ2v) is 6.76. The summed E-state index contributed by atoms with van der Waals surface area (Å²) in [7, 11) is 0. The lowest BCUT2D eigenvalue weighted by atomic mass is 10.1. The van der Waals surface area contributed by atoms with E-state index >= 15 is 0 Å². The van der Waals surface area contributed by atoms with Gasteiger partial charge in [0.05, 0.1) is 0 Å². The maximum atomic E-state index is 13.9. The van der Waals surface area contributed by atoms with Crippen LogP contribution in [0.3, 0.4) is 0 Å². The summed E-state index contributed by atoms with van der Waals surface area (Å²) in [4.78, 5) is 14.1. The average molecular weight is 344 g/mol. The predicted octanol–water partition coefficient (Wildman–Crippen LogP) is 3.99. The summed E-state index contributed by atoms with van der Waals surface area (Å²) in [6, 6.07) is 2.28. The summed E-state index contributed by atoms with van der Waals surface area (Å²) in [5.74, 6) is -1.07. The molecule has 0 heterocycles. The minimum Gasteiger partial charge on any atom is -0.338 e. The third-order valence-electron chi connectivity index (χ3n) is 3.86. The number of hydrogen-bond donors (Lipinski definition) is 0. The molecule has 108 valence electrons. The summed E-state index contributed by atoms with van der Waals surface area (Å²) < 4.78 is 28.1. The molecule has 0 atom stereocenters. The molecule has 0 aliphatic heterocycles. The van der Waals surface area contributed by atoms with Crippen LogP contribution in [-0.4, -0.2) is 23.9 Å². The topological polar surface area (TPSA) is 20.3 Å². The van der Waals surface area contributed by atoms with Crippen molar-refractivity contribution < 1.29 is 13.6 Å². The lowest BCUT2D eigenvalue weighted by Crippen LogP contribution is -2.35. The molecular formula is C15H16BrF2NO. The lowest BCUT2D eigenvalue weighted by molar-refractivity contribution is 0.0729. The minimum atomic E-state index is -0.793. The van der Waals surface area contributed by atoms with Crippen molar-refractivity contribution >= 4 is 21.8 Å². The number of carbonyl (C=O) groups is 1. The van der Waals surface area contributed by atoms with Gasteiger partial charge in [0.25, 0.3) is 5.91 Å². The molecule has 2 fully saturated rings. The van der Waals surface area contributed by atoms with Crippen LogP contribution in [0, 0.1) is 23.5 Å². The first-order chi connectivity index (χ1) is 9.54. The van der Waals surface area contributed by atoms with Crippen LogP contribution in [0.15, 0.2) is 16.6 Å². The molecule has 5 heteroatoms. The summed E-state index contributed by atoms with van der Waals surface area (Å²) in [6.45, 7) is 1.26. The van der Waals surface area contributed by atoms with E-state index in [-0.39, 0.29) is 0 Å². The molecule has 0 aromatic heterocycles. The van der Waals surface area contributed by atoms with E-state index < -0.39 is 23.1 Å². The minimum absolute atomic E-state index is 0.306. The van der Waals surface area contributed by atoms with E-state index in [1.54, 1.807) is 4.90 Å². The molecule has 2 nitrogen and oxygen atoms in total. The van der Waals surface area contributed by atoms with Gasteiger partial charge in [0, 0.05) is 17.6 Å². The highest BCUT2D eigenvalue weighted by atomic mass is 79.9. The second-order valence-electron chi connectivity index (χ2n) is 5.84. The quantitative estimate of drug-likeness (QED) is 0.791. The van der Waals surface area contributed by atoms with Crippen molar-refractivity contribution in [2.24, 2.45) is 11.8 Å². The van der Waals surface area contributed by atoms with E-state index in [9.17, 15) is 13.6 Å². The molecule has 2 saturated carbocycles. The Morgan fingerprint density at radius 3 is 1.95 bits per heavy atom. The molecule has 0 radical (unpaired) electrons. The maximum Gasteiger partial charge on any atom is 0.259 e. The first-order valence-electron chi connectivity index (χ1n) is 6.98. The molecule has 0 spiro atoms. The van der Waals surface area contributed by atoms with Crippen molar-refractivity contribution in [3.63, 3.8) is 0 Å². The van der Waals surface area contributed by atoms with E-state index in [1.807, 2.05) is 0 Å². The highest BCUT2D eigenvalue weighted by Gasteiger charge is 2.33. The largest absolute Gasteiger partial charge is 0.338 e. The number of nitrogens with zero attached hydrogens (tertiary/aromatic N) is 1. The molecule has 1 aromatic rings. The standard InChI is InChI=1S/C15H16BrF2NO/c16-11-5-12(17)14(13(18)6-11)15(20)19(7-9-1-2-9)8-10-3-4-10/h5-6,9-10H,1-4,7-8H2. The van der Waals surface area contributed by atoms with Crippen LogP contribution >= 0.6 is 15.9 Å². The monoisotopic (exact) mass is 343 g/mol. The van der Waals surface area contributed by atoms with Crippen molar-refractivity contribution in [1.29, 1.82) is 0 Å². The third-order valence-corrected chi connectivity index (χ3v) is 4.32. The second kappa shape index (κ2) is 5.43. The van der Waals surface area contributed by atoms with Crippen molar-refractivity contribution in [3.8, 4) is 0 Å². The summed E-state index contributed by atoms with van der Waals surface area (Å²) in [6.07, 6.45) is 4.44. The number of hydrogen-bond acceptors (Lipinski definition) is 1. The zero-order valence-electron chi connectivity index (χ0n) is 11.0. The molecule has 0 unspecified atom stereocenters. The van der Waals surface area contributed by atoms with Crippen LogP contribution < -0.4 is 0 Å². The average Bonchev–Trinajstić information content (AvgIpc) is 3.21. The van der Waals surface area contributed by atoms with Crippen LogP contribution in [0.5, 0.6) is 0 Å². The Hall–Kier alpha value is -0.970. The van der Waals surface area contributed by atoms with Gasteiger partial charge in [0.15, 0.2) is 0 Å². The number of halogens is 3. The van der Waals surface area contributed by atoms with Gasteiger partial charge in [-0.05, 0) is 49.7 Å². The van der Waals surface area contributed by atoms with Gasteiger partial charge in [-0.3, -0.25) is 4.79 Å². The molecule has 2 aliphatic carbocycles. The number of carbonyl (C=O) groups excluding carboxylic acids is 1. The molecule has 1 amide bonds. The van der Waals surface area contributed by atoms with Gasteiger partial charge in [0.1, 0.15) is 17.2 Å². The molecule has 0 saturated heterocycles. The van der Waals surface area contributed by atoms with Crippen molar-refractivity contribution in [1.82, 2.24) is 4.90 Å². The fourth-order valence-corrected chi connectivity index (χ4v) is 2.77. The Balaban J connectivity index is 1.83. The molecule has 20 heavy (non-hydrogen) atoms. The molecule has 0 bridgehead atoms. The molecule has 3 rings (SSSR count). The van der Waals surface area contributed by atoms with Crippen molar-refractivity contribution in [3.05, 3.63) is 33.8 Å². The fraction of sp³-hybridized carbons (Fsp3) is 0.533. The van der Waals surface area contributed by atoms with Gasteiger partial charge in [-0.2, -0.15) is 0 Å². The lowest BCUT2D eigenvalue weighted by Gasteiger charge is -2.23. The van der Waals surface area contributed by atoms with Crippen molar-refractivity contribution in [2.75, 3.05) is 13.1 Å². The Kier molecular flexibility index (Phi) is 3.80. The highest BCUT2D eigenvalue weighted by Crippen LogP contribution is 2.34. The number of rotatable bonds is 5. The van der Waals surface area contributed by atoms with E-state index in [0.29, 0.717) is 29.4 Å². The van der Waals surface area contributed by atoms with Crippen molar-refractivity contribution in [2.45, 2.75) is 25.7 Å². The van der Waals surface area contributed by atoms with Crippen LogP contribution in [0.1, 0.15) is 36.0 Å². The molecule has 0 N–H and O–H groups in total. The van der Waals surface area contributed by atoms with Gasteiger partial charge in [-0.25, -0.2) is 8.78 Å². The molecule has 1 aromatic carbocycles. The normalized spacial score (nSPS) is 18.1. The van der Waals surface area contributed by atoms with E-state index in [4.69, 9.17) is 0 Å². The van der Waals surface area contributed by atoms with Gasteiger partial charge in [-0.1, -0.05) is 15.9 Å². The summed E-state index contributed by atoms with van der Waals surface area (Å²) >= 11 is 3.03. The highest BCUT2D eigenvalue weighted by molar-refractivity contribution is 9.10. The Morgan fingerprint density at radius 2 is 1.55 bits per heavy atom. The van der Waals surface area contributed by atoms with Crippen LogP contribution in [0.25, 0.3) is 0 Å². The van der Waals surface area contributed by atoms with E-state index in [0.717, 1.165) is 37.8 Å². The zero-order valence-corrected chi connectivity index (χ0v) is 12.6. The predicted molar refractivity (Wildman–Crippen MR) is 75.4 cm³/mol.